The van der Waals surface area contributed by atoms with E-state index in [-0.39, 0.29) is 5.91 Å². The number of amides is 1. The first-order valence-electron chi connectivity index (χ1n) is 7.57. The van der Waals surface area contributed by atoms with E-state index in [0.717, 1.165) is 27.9 Å². The Bertz CT molecular complexity index is 811. The number of carbonyl (C=O) groups is 1. The molecule has 3 rings (SSSR count). The van der Waals surface area contributed by atoms with Gasteiger partial charge in [0.05, 0.1) is 24.5 Å². The average Bonchev–Trinajstić information content (AvgIpc) is 3.06. The molecule has 0 aliphatic carbocycles. The van der Waals surface area contributed by atoms with E-state index in [9.17, 15) is 4.79 Å². The standard InChI is InChI=1S/C18H19N3O2/c1-23-17-5-3-2-4-14(17)7-9-18(22)19-11-13-6-8-15-16(10-13)21-12-20-15/h2-6,8,10,12H,7,9,11H2,1H3,(H,19,22)(H,20,21). The summed E-state index contributed by atoms with van der Waals surface area (Å²) in [6, 6.07) is 13.7. The number of hydrogen-bond acceptors (Lipinski definition) is 3. The zero-order chi connectivity index (χ0) is 16.1. The summed E-state index contributed by atoms with van der Waals surface area (Å²) in [5.74, 6) is 0.852. The lowest BCUT2D eigenvalue weighted by atomic mass is 10.1. The molecule has 0 aliphatic rings. The molecule has 2 N–H and O–H groups in total. The van der Waals surface area contributed by atoms with Crippen LogP contribution in [0.2, 0.25) is 0 Å². The number of nitrogens with one attached hydrogen (secondary N) is 2. The Morgan fingerprint density at radius 2 is 2.13 bits per heavy atom. The van der Waals surface area contributed by atoms with Crippen molar-refractivity contribution in [1.82, 2.24) is 15.3 Å². The van der Waals surface area contributed by atoms with E-state index >= 15 is 0 Å². The van der Waals surface area contributed by atoms with Crippen molar-refractivity contribution in [2.75, 3.05) is 7.11 Å². The van der Waals surface area contributed by atoms with Gasteiger partial charge in [0.2, 0.25) is 5.91 Å². The first kappa shape index (κ1) is 15.1. The van der Waals surface area contributed by atoms with Crippen LogP contribution in [-0.2, 0) is 17.8 Å². The maximum absolute atomic E-state index is 12.0. The van der Waals surface area contributed by atoms with Gasteiger partial charge in [-0.3, -0.25) is 4.79 Å². The number of methoxy groups -OCH3 is 1. The van der Waals surface area contributed by atoms with Gasteiger partial charge in [-0.1, -0.05) is 24.3 Å². The molecular weight excluding hydrogens is 290 g/mol. The molecule has 0 spiro atoms. The molecule has 1 aromatic heterocycles. The Morgan fingerprint density at radius 1 is 1.26 bits per heavy atom. The second kappa shape index (κ2) is 6.96. The molecule has 118 valence electrons. The summed E-state index contributed by atoms with van der Waals surface area (Å²) in [7, 11) is 1.64. The Morgan fingerprint density at radius 3 is 3.00 bits per heavy atom. The molecule has 0 aliphatic heterocycles. The lowest BCUT2D eigenvalue weighted by Crippen LogP contribution is -2.23. The third kappa shape index (κ3) is 3.69. The number of benzene rings is 2. The molecule has 0 saturated carbocycles. The van der Waals surface area contributed by atoms with Gasteiger partial charge in [0.15, 0.2) is 0 Å². The molecule has 0 bridgehead atoms. The molecule has 1 heterocycles. The molecule has 23 heavy (non-hydrogen) atoms. The third-order valence-corrected chi connectivity index (χ3v) is 3.79. The van der Waals surface area contributed by atoms with Gasteiger partial charge >= 0.3 is 0 Å². The summed E-state index contributed by atoms with van der Waals surface area (Å²) >= 11 is 0. The van der Waals surface area contributed by atoms with Crippen LogP contribution in [0.5, 0.6) is 5.75 Å². The summed E-state index contributed by atoms with van der Waals surface area (Å²) in [4.78, 5) is 19.3. The van der Waals surface area contributed by atoms with Gasteiger partial charge in [-0.15, -0.1) is 0 Å². The minimum Gasteiger partial charge on any atom is -0.496 e. The molecule has 0 radical (unpaired) electrons. The first-order chi connectivity index (χ1) is 11.3. The number of fused-ring (bicyclic) bond motifs is 1. The summed E-state index contributed by atoms with van der Waals surface area (Å²) in [6.45, 7) is 0.514. The molecule has 1 amide bonds. The number of para-hydroxylation sites is 1. The monoisotopic (exact) mass is 309 g/mol. The number of imidazole rings is 1. The van der Waals surface area contributed by atoms with Crippen molar-refractivity contribution in [3.63, 3.8) is 0 Å². The largest absolute Gasteiger partial charge is 0.496 e. The molecule has 2 aromatic carbocycles. The quantitative estimate of drug-likeness (QED) is 0.736. The summed E-state index contributed by atoms with van der Waals surface area (Å²) in [5.41, 5.74) is 4.00. The van der Waals surface area contributed by atoms with E-state index in [1.54, 1.807) is 13.4 Å². The van der Waals surface area contributed by atoms with Crippen LogP contribution in [0.3, 0.4) is 0 Å². The number of H-pyrrole nitrogens is 1. The number of rotatable bonds is 6. The molecule has 5 nitrogen and oxygen atoms in total. The average molecular weight is 309 g/mol. The molecule has 5 heteroatoms. The van der Waals surface area contributed by atoms with Crippen LogP contribution in [0.15, 0.2) is 48.8 Å². The Balaban J connectivity index is 1.53. The van der Waals surface area contributed by atoms with Crippen LogP contribution in [0.25, 0.3) is 11.0 Å². The highest BCUT2D eigenvalue weighted by Crippen LogP contribution is 2.18. The number of hydrogen-bond donors (Lipinski definition) is 2. The molecule has 0 saturated heterocycles. The SMILES string of the molecule is COc1ccccc1CCC(=O)NCc1ccc2nc[nH]c2c1. The van der Waals surface area contributed by atoms with Crippen LogP contribution in [0.4, 0.5) is 0 Å². The van der Waals surface area contributed by atoms with Crippen molar-refractivity contribution in [3.8, 4) is 5.75 Å². The van der Waals surface area contributed by atoms with Gasteiger partial charge in [-0.05, 0) is 35.7 Å². The number of carbonyl (C=O) groups excluding carboxylic acids is 1. The molecular formula is C18H19N3O2. The number of aryl methyl sites for hydroxylation is 1. The fourth-order valence-corrected chi connectivity index (χ4v) is 2.54. The zero-order valence-corrected chi connectivity index (χ0v) is 13.0. The summed E-state index contributed by atoms with van der Waals surface area (Å²) in [6.07, 6.45) is 2.77. The fraction of sp³-hybridized carbons (Fsp3) is 0.222. The molecule has 0 atom stereocenters. The molecule has 0 fully saturated rings. The number of nitrogens with zero attached hydrogens (tertiary/aromatic N) is 1. The summed E-state index contributed by atoms with van der Waals surface area (Å²) in [5, 5.41) is 2.95. The topological polar surface area (TPSA) is 67.0 Å². The predicted octanol–water partition coefficient (Wildman–Crippen LogP) is 2.82. The van der Waals surface area contributed by atoms with E-state index < -0.39 is 0 Å². The van der Waals surface area contributed by atoms with Crippen molar-refractivity contribution in [1.29, 1.82) is 0 Å². The van der Waals surface area contributed by atoms with Crippen LogP contribution in [0, 0.1) is 0 Å². The van der Waals surface area contributed by atoms with Crippen LogP contribution in [0.1, 0.15) is 17.5 Å². The van der Waals surface area contributed by atoms with Crippen LogP contribution in [-0.4, -0.2) is 23.0 Å². The molecule has 0 unspecified atom stereocenters. The van der Waals surface area contributed by atoms with E-state index in [1.165, 1.54) is 0 Å². The van der Waals surface area contributed by atoms with Gasteiger partial charge in [0.1, 0.15) is 5.75 Å². The highest BCUT2D eigenvalue weighted by Gasteiger charge is 2.06. The zero-order valence-electron chi connectivity index (χ0n) is 13.0. The van der Waals surface area contributed by atoms with Gasteiger partial charge in [-0.2, -0.15) is 0 Å². The minimum absolute atomic E-state index is 0.0283. The maximum Gasteiger partial charge on any atom is 0.220 e. The first-order valence-corrected chi connectivity index (χ1v) is 7.57. The Kier molecular flexibility index (Phi) is 4.57. The second-order valence-corrected chi connectivity index (χ2v) is 5.34. The number of ether oxygens (including phenoxy) is 1. The smallest absolute Gasteiger partial charge is 0.220 e. The van der Waals surface area contributed by atoms with E-state index in [1.807, 2.05) is 42.5 Å². The van der Waals surface area contributed by atoms with Crippen molar-refractivity contribution in [3.05, 3.63) is 59.9 Å². The van der Waals surface area contributed by atoms with Crippen LogP contribution < -0.4 is 10.1 Å². The Hall–Kier alpha value is -2.82. The van der Waals surface area contributed by atoms with Gasteiger partial charge < -0.3 is 15.0 Å². The lowest BCUT2D eigenvalue weighted by molar-refractivity contribution is -0.121. The Labute approximate surface area is 134 Å². The second-order valence-electron chi connectivity index (χ2n) is 5.34. The van der Waals surface area contributed by atoms with E-state index in [4.69, 9.17) is 4.74 Å². The van der Waals surface area contributed by atoms with E-state index in [2.05, 4.69) is 15.3 Å². The van der Waals surface area contributed by atoms with Crippen molar-refractivity contribution >= 4 is 16.9 Å². The van der Waals surface area contributed by atoms with Crippen molar-refractivity contribution in [2.24, 2.45) is 0 Å². The lowest BCUT2D eigenvalue weighted by Gasteiger charge is -2.08. The number of aromatic nitrogens is 2. The predicted molar refractivity (Wildman–Crippen MR) is 89.3 cm³/mol. The maximum atomic E-state index is 12.0. The van der Waals surface area contributed by atoms with Gasteiger partial charge in [0, 0.05) is 13.0 Å². The van der Waals surface area contributed by atoms with Gasteiger partial charge in [-0.25, -0.2) is 4.98 Å². The van der Waals surface area contributed by atoms with Gasteiger partial charge in [0.25, 0.3) is 0 Å². The van der Waals surface area contributed by atoms with E-state index in [0.29, 0.717) is 19.4 Å². The third-order valence-electron chi connectivity index (χ3n) is 3.79. The normalized spacial score (nSPS) is 10.7. The highest BCUT2D eigenvalue weighted by molar-refractivity contribution is 5.77. The molecule has 3 aromatic rings. The van der Waals surface area contributed by atoms with Crippen molar-refractivity contribution in [2.45, 2.75) is 19.4 Å². The fourth-order valence-electron chi connectivity index (χ4n) is 2.54. The number of aromatic amines is 1. The minimum atomic E-state index is 0.0283. The van der Waals surface area contributed by atoms with Crippen LogP contribution >= 0.6 is 0 Å². The summed E-state index contributed by atoms with van der Waals surface area (Å²) < 4.78 is 5.30. The highest BCUT2D eigenvalue weighted by atomic mass is 16.5. The van der Waals surface area contributed by atoms with Crippen molar-refractivity contribution < 1.29 is 9.53 Å².